The van der Waals surface area contributed by atoms with Gasteiger partial charge in [-0.15, -0.1) is 0 Å². The summed E-state index contributed by atoms with van der Waals surface area (Å²) in [4.78, 5) is 26.5. The number of halogens is 1. The lowest BCUT2D eigenvalue weighted by molar-refractivity contribution is -0.119. The molecule has 0 bridgehead atoms. The number of rotatable bonds is 6. The third-order valence-electron chi connectivity index (χ3n) is 4.08. The van der Waals surface area contributed by atoms with Crippen LogP contribution in [0.25, 0.3) is 5.57 Å². The number of carbonyl (C=O) groups is 2. The maximum atomic E-state index is 12.9. The maximum Gasteiger partial charge on any atom is 0.277 e. The van der Waals surface area contributed by atoms with E-state index in [0.717, 1.165) is 4.90 Å². The Balaban J connectivity index is 1.84. The Morgan fingerprint density at radius 1 is 0.926 bits per heavy atom. The minimum atomic E-state index is -0.539. The molecular weight excluding hydrogens is 366 g/mol. The molecule has 2 amide bonds. The summed E-state index contributed by atoms with van der Waals surface area (Å²) in [6, 6.07) is 13.7. The summed E-state index contributed by atoms with van der Waals surface area (Å²) >= 11 is 6.20. The normalized spacial score (nSPS) is 14.3. The number of nitrogens with zero attached hydrogens (tertiary/aromatic N) is 1. The molecule has 0 saturated carbocycles. The Morgan fingerprint density at radius 2 is 1.52 bits per heavy atom. The molecule has 0 spiro atoms. The molecule has 27 heavy (non-hydrogen) atoms. The van der Waals surface area contributed by atoms with Gasteiger partial charge in [0.1, 0.15) is 16.5 Å². The van der Waals surface area contributed by atoms with Crippen LogP contribution in [-0.2, 0) is 9.59 Å². The second-order valence-corrected chi connectivity index (χ2v) is 6.94. The van der Waals surface area contributed by atoms with Crippen molar-refractivity contribution in [1.29, 1.82) is 0 Å². The molecule has 0 aromatic heterocycles. The van der Waals surface area contributed by atoms with E-state index in [4.69, 9.17) is 21.1 Å². The smallest absolute Gasteiger partial charge is 0.277 e. The van der Waals surface area contributed by atoms with Gasteiger partial charge in [-0.25, -0.2) is 4.90 Å². The van der Waals surface area contributed by atoms with E-state index in [2.05, 4.69) is 13.8 Å². The van der Waals surface area contributed by atoms with Crippen LogP contribution in [0.2, 0.25) is 0 Å². The van der Waals surface area contributed by atoms with Crippen molar-refractivity contribution in [3.05, 3.63) is 59.1 Å². The molecule has 1 aliphatic heterocycles. The Hall–Kier alpha value is -2.79. The molecule has 2 aromatic rings. The van der Waals surface area contributed by atoms with Gasteiger partial charge in [-0.05, 0) is 47.9 Å². The first-order valence-corrected chi connectivity index (χ1v) is 8.96. The fourth-order valence-electron chi connectivity index (χ4n) is 2.70. The second kappa shape index (κ2) is 7.84. The zero-order valence-corrected chi connectivity index (χ0v) is 16.1. The number of hydrogen-bond donors (Lipinski definition) is 0. The summed E-state index contributed by atoms with van der Waals surface area (Å²) < 4.78 is 10.8. The standard InChI is InChI=1S/C21H20ClNO4/c1-13(2)12-27-17-10-6-15(7-11-17)23-20(24)18(19(22)21(23)25)14-4-8-16(26-3)9-5-14/h4-11,13H,12H2,1-3H3. The number of imide groups is 1. The van der Waals surface area contributed by atoms with Gasteiger partial charge >= 0.3 is 0 Å². The molecule has 0 unspecified atom stereocenters. The highest BCUT2D eigenvalue weighted by Crippen LogP contribution is 2.35. The van der Waals surface area contributed by atoms with E-state index in [1.165, 1.54) is 0 Å². The maximum absolute atomic E-state index is 12.9. The van der Waals surface area contributed by atoms with Gasteiger partial charge in [0.15, 0.2) is 0 Å². The molecule has 5 nitrogen and oxygen atoms in total. The van der Waals surface area contributed by atoms with Gasteiger partial charge in [0.2, 0.25) is 0 Å². The number of methoxy groups -OCH3 is 1. The predicted octanol–water partition coefficient (Wildman–Crippen LogP) is 4.25. The molecule has 0 N–H and O–H groups in total. The average molecular weight is 386 g/mol. The fraction of sp³-hybridized carbons (Fsp3) is 0.238. The van der Waals surface area contributed by atoms with E-state index < -0.39 is 11.8 Å². The molecule has 0 saturated heterocycles. The van der Waals surface area contributed by atoms with Crippen molar-refractivity contribution in [1.82, 2.24) is 0 Å². The van der Waals surface area contributed by atoms with Gasteiger partial charge in [-0.3, -0.25) is 9.59 Å². The van der Waals surface area contributed by atoms with Crippen LogP contribution in [-0.4, -0.2) is 25.5 Å². The topological polar surface area (TPSA) is 55.8 Å². The lowest BCUT2D eigenvalue weighted by Gasteiger charge is -2.16. The molecule has 0 radical (unpaired) electrons. The highest BCUT2D eigenvalue weighted by Gasteiger charge is 2.39. The summed E-state index contributed by atoms with van der Waals surface area (Å²) in [5.74, 6) is 0.748. The Kier molecular flexibility index (Phi) is 5.51. The zero-order chi connectivity index (χ0) is 19.6. The van der Waals surface area contributed by atoms with Gasteiger partial charge < -0.3 is 9.47 Å². The van der Waals surface area contributed by atoms with Crippen LogP contribution >= 0.6 is 11.6 Å². The van der Waals surface area contributed by atoms with Crippen molar-refractivity contribution in [2.24, 2.45) is 5.92 Å². The zero-order valence-electron chi connectivity index (χ0n) is 15.4. The third-order valence-corrected chi connectivity index (χ3v) is 4.43. The van der Waals surface area contributed by atoms with Gasteiger partial charge in [0.25, 0.3) is 11.8 Å². The Bertz CT molecular complexity index is 885. The minimum Gasteiger partial charge on any atom is -0.497 e. The van der Waals surface area contributed by atoms with Crippen LogP contribution in [0.4, 0.5) is 5.69 Å². The first-order valence-electron chi connectivity index (χ1n) is 8.58. The van der Waals surface area contributed by atoms with Crippen LogP contribution in [0.15, 0.2) is 53.6 Å². The highest BCUT2D eigenvalue weighted by molar-refractivity contribution is 6.60. The first-order chi connectivity index (χ1) is 12.9. The first kappa shape index (κ1) is 19.0. The molecule has 1 aliphatic rings. The quantitative estimate of drug-likeness (QED) is 0.697. The van der Waals surface area contributed by atoms with Crippen LogP contribution in [0, 0.1) is 5.92 Å². The fourth-order valence-corrected chi connectivity index (χ4v) is 2.97. The van der Waals surface area contributed by atoms with Crippen LogP contribution in [0.5, 0.6) is 11.5 Å². The summed E-state index contributed by atoms with van der Waals surface area (Å²) in [5.41, 5.74) is 1.20. The van der Waals surface area contributed by atoms with Crippen molar-refractivity contribution in [3.63, 3.8) is 0 Å². The highest BCUT2D eigenvalue weighted by atomic mass is 35.5. The molecule has 1 heterocycles. The largest absolute Gasteiger partial charge is 0.497 e. The van der Waals surface area contributed by atoms with Crippen molar-refractivity contribution in [3.8, 4) is 11.5 Å². The molecular formula is C21H20ClNO4. The number of benzene rings is 2. The minimum absolute atomic E-state index is 0.0923. The number of ether oxygens (including phenoxy) is 2. The van der Waals surface area contributed by atoms with Crippen molar-refractivity contribution in [2.45, 2.75) is 13.8 Å². The lowest BCUT2D eigenvalue weighted by atomic mass is 10.1. The SMILES string of the molecule is COc1ccc(C2=C(Cl)C(=O)N(c3ccc(OCC(C)C)cc3)C2=O)cc1. The summed E-state index contributed by atoms with van der Waals surface area (Å²) in [7, 11) is 1.56. The van der Waals surface area contributed by atoms with Gasteiger partial charge in [0, 0.05) is 0 Å². The van der Waals surface area contributed by atoms with Crippen LogP contribution < -0.4 is 14.4 Å². The number of anilines is 1. The average Bonchev–Trinajstić information content (AvgIpc) is 2.89. The molecule has 3 rings (SSSR count). The van der Waals surface area contributed by atoms with E-state index in [1.807, 2.05) is 0 Å². The summed E-state index contributed by atoms with van der Waals surface area (Å²) in [6.45, 7) is 4.71. The molecule has 0 fully saturated rings. The monoisotopic (exact) mass is 385 g/mol. The number of hydrogen-bond acceptors (Lipinski definition) is 4. The third kappa shape index (κ3) is 3.83. The van der Waals surface area contributed by atoms with E-state index in [9.17, 15) is 9.59 Å². The molecule has 140 valence electrons. The van der Waals surface area contributed by atoms with Crippen molar-refractivity contribution >= 4 is 34.7 Å². The van der Waals surface area contributed by atoms with E-state index in [1.54, 1.807) is 55.6 Å². The van der Waals surface area contributed by atoms with E-state index >= 15 is 0 Å². The van der Waals surface area contributed by atoms with Crippen molar-refractivity contribution in [2.75, 3.05) is 18.6 Å². The van der Waals surface area contributed by atoms with Crippen LogP contribution in [0.3, 0.4) is 0 Å². The van der Waals surface area contributed by atoms with Crippen molar-refractivity contribution < 1.29 is 19.1 Å². The Morgan fingerprint density at radius 3 is 2.07 bits per heavy atom. The van der Waals surface area contributed by atoms with Crippen LogP contribution in [0.1, 0.15) is 19.4 Å². The summed E-state index contributed by atoms with van der Waals surface area (Å²) in [5, 5.41) is -0.0923. The lowest BCUT2D eigenvalue weighted by Crippen LogP contribution is -2.31. The van der Waals surface area contributed by atoms with Gasteiger partial charge in [0.05, 0.1) is 25.0 Å². The van der Waals surface area contributed by atoms with Gasteiger partial charge in [-0.1, -0.05) is 37.6 Å². The van der Waals surface area contributed by atoms with Gasteiger partial charge in [-0.2, -0.15) is 0 Å². The molecule has 6 heteroatoms. The molecule has 0 aliphatic carbocycles. The Labute approximate surface area is 163 Å². The number of carbonyl (C=O) groups excluding carboxylic acids is 2. The van der Waals surface area contributed by atoms with E-state index in [0.29, 0.717) is 35.3 Å². The second-order valence-electron chi connectivity index (χ2n) is 6.56. The molecule has 2 aromatic carbocycles. The van der Waals surface area contributed by atoms with E-state index in [-0.39, 0.29) is 10.6 Å². The number of amides is 2. The molecule has 0 atom stereocenters. The predicted molar refractivity (Wildman–Crippen MR) is 105 cm³/mol. The summed E-state index contributed by atoms with van der Waals surface area (Å²) in [6.07, 6.45) is 0.